The molecule has 2 saturated heterocycles. The van der Waals surface area contributed by atoms with Gasteiger partial charge in [-0.2, -0.15) is 0 Å². The number of hydrogen-bond acceptors (Lipinski definition) is 4. The number of aryl methyl sites for hydroxylation is 2. The number of ether oxygens (including phenoxy) is 1. The largest absolute Gasteiger partial charge is 0.373 e. The van der Waals surface area contributed by atoms with Crippen LogP contribution >= 0.6 is 0 Å². The zero-order valence-corrected chi connectivity index (χ0v) is 19.4. The molecule has 0 aliphatic carbocycles. The fraction of sp³-hybridized carbons (Fsp3) is 0.615. The molecule has 31 heavy (non-hydrogen) atoms. The number of nitrogens with zero attached hydrogens (tertiary/aromatic N) is 2. The lowest BCUT2D eigenvalue weighted by atomic mass is 9.67. The van der Waals surface area contributed by atoms with Crippen LogP contribution in [-0.4, -0.2) is 35.7 Å². The molecule has 5 heteroatoms. The van der Waals surface area contributed by atoms with Crippen molar-refractivity contribution in [1.29, 1.82) is 0 Å². The predicted octanol–water partition coefficient (Wildman–Crippen LogP) is 5.27. The Morgan fingerprint density at radius 3 is 2.71 bits per heavy atom. The van der Waals surface area contributed by atoms with Crippen molar-refractivity contribution in [3.63, 3.8) is 0 Å². The topological polar surface area (TPSA) is 55.6 Å². The average Bonchev–Trinajstić information content (AvgIpc) is 3.10. The van der Waals surface area contributed by atoms with Gasteiger partial charge < -0.3 is 14.2 Å². The van der Waals surface area contributed by atoms with Gasteiger partial charge in [-0.1, -0.05) is 49.3 Å². The molecule has 2 fully saturated rings. The minimum Gasteiger partial charge on any atom is -0.373 e. The van der Waals surface area contributed by atoms with Gasteiger partial charge in [-0.15, -0.1) is 0 Å². The summed E-state index contributed by atoms with van der Waals surface area (Å²) in [6, 6.07) is 10.6. The lowest BCUT2D eigenvalue weighted by Gasteiger charge is -2.50. The Kier molecular flexibility index (Phi) is 6.52. The van der Waals surface area contributed by atoms with Crippen LogP contribution in [0.25, 0.3) is 0 Å². The summed E-state index contributed by atoms with van der Waals surface area (Å²) in [6.45, 7) is 10.9. The van der Waals surface area contributed by atoms with E-state index in [4.69, 9.17) is 9.26 Å². The summed E-state index contributed by atoms with van der Waals surface area (Å²) in [5.41, 5.74) is 3.33. The van der Waals surface area contributed by atoms with Crippen LogP contribution in [0.1, 0.15) is 68.2 Å². The maximum absolute atomic E-state index is 13.1. The Labute approximate surface area is 186 Å². The molecule has 0 bridgehead atoms. The zero-order valence-electron chi connectivity index (χ0n) is 19.4. The highest BCUT2D eigenvalue weighted by atomic mass is 16.5. The van der Waals surface area contributed by atoms with Gasteiger partial charge in [-0.3, -0.25) is 4.79 Å². The van der Waals surface area contributed by atoms with E-state index in [1.807, 2.05) is 13.8 Å². The molecule has 0 saturated carbocycles. The number of carbonyl (C=O) groups excluding carboxylic acids is 1. The molecule has 3 atom stereocenters. The standard InChI is InChI=1S/C26H36N2O3/c1-18(2)23-15-26(17-30-25(23)21-9-6-5-7-10-21)13-8-14-28(16-26)24(29)12-11-22-19(3)27-31-20(22)4/h5-7,9-10,18,23,25H,8,11-17H2,1-4H3/t23-,25-,26+/m0/s1. The molecule has 1 spiro atoms. The number of carbonyl (C=O) groups is 1. The molecular formula is C26H36N2O3. The summed E-state index contributed by atoms with van der Waals surface area (Å²) < 4.78 is 11.8. The van der Waals surface area contributed by atoms with Gasteiger partial charge in [-0.05, 0) is 56.9 Å². The van der Waals surface area contributed by atoms with Crippen molar-refractivity contribution in [3.8, 4) is 0 Å². The molecule has 5 nitrogen and oxygen atoms in total. The molecule has 0 N–H and O–H groups in total. The minimum absolute atomic E-state index is 0.0805. The van der Waals surface area contributed by atoms with Crippen LogP contribution in [0.4, 0.5) is 0 Å². The first-order valence-corrected chi connectivity index (χ1v) is 11.7. The van der Waals surface area contributed by atoms with Gasteiger partial charge in [0.2, 0.25) is 5.91 Å². The Morgan fingerprint density at radius 1 is 1.26 bits per heavy atom. The highest BCUT2D eigenvalue weighted by molar-refractivity contribution is 5.76. The van der Waals surface area contributed by atoms with Crippen molar-refractivity contribution in [2.45, 2.75) is 65.9 Å². The maximum Gasteiger partial charge on any atom is 0.222 e. The smallest absolute Gasteiger partial charge is 0.222 e. The highest BCUT2D eigenvalue weighted by Crippen LogP contribution is 2.48. The second-order valence-electron chi connectivity index (χ2n) is 9.98. The summed E-state index contributed by atoms with van der Waals surface area (Å²) >= 11 is 0. The molecule has 0 radical (unpaired) electrons. The number of rotatable bonds is 5. The molecule has 4 rings (SSSR count). The number of hydrogen-bond donors (Lipinski definition) is 0. The van der Waals surface area contributed by atoms with E-state index in [0.717, 1.165) is 56.0 Å². The van der Waals surface area contributed by atoms with Crippen LogP contribution in [0.5, 0.6) is 0 Å². The first-order valence-electron chi connectivity index (χ1n) is 11.7. The first-order chi connectivity index (χ1) is 14.9. The SMILES string of the molecule is Cc1noc(C)c1CCC(=O)N1CCC[C@]2(CO[C@@H](c3ccccc3)[C@H](C(C)C)C2)C1. The molecule has 168 valence electrons. The van der Waals surface area contributed by atoms with Crippen LogP contribution in [0.15, 0.2) is 34.9 Å². The van der Waals surface area contributed by atoms with E-state index in [1.165, 1.54) is 5.56 Å². The average molecular weight is 425 g/mol. The van der Waals surface area contributed by atoms with Gasteiger partial charge in [0.1, 0.15) is 5.76 Å². The van der Waals surface area contributed by atoms with Gasteiger partial charge in [-0.25, -0.2) is 0 Å². The van der Waals surface area contributed by atoms with Crippen molar-refractivity contribution in [2.24, 2.45) is 17.3 Å². The molecule has 3 heterocycles. The maximum atomic E-state index is 13.1. The number of benzene rings is 1. The predicted molar refractivity (Wildman–Crippen MR) is 121 cm³/mol. The lowest BCUT2D eigenvalue weighted by Crippen LogP contribution is -2.52. The normalized spacial score (nSPS) is 26.5. The van der Waals surface area contributed by atoms with Gasteiger partial charge in [0.25, 0.3) is 0 Å². The van der Waals surface area contributed by atoms with Crippen molar-refractivity contribution >= 4 is 5.91 Å². The number of aromatic nitrogens is 1. The third-order valence-electron chi connectivity index (χ3n) is 7.40. The van der Waals surface area contributed by atoms with Crippen LogP contribution < -0.4 is 0 Å². The van der Waals surface area contributed by atoms with E-state index < -0.39 is 0 Å². The van der Waals surface area contributed by atoms with Crippen molar-refractivity contribution in [1.82, 2.24) is 10.1 Å². The van der Waals surface area contributed by atoms with E-state index in [0.29, 0.717) is 24.7 Å². The Bertz CT molecular complexity index is 872. The number of piperidine rings is 1. The second-order valence-corrected chi connectivity index (χ2v) is 9.98. The number of likely N-dealkylation sites (tertiary alicyclic amines) is 1. The van der Waals surface area contributed by atoms with Crippen molar-refractivity contribution in [2.75, 3.05) is 19.7 Å². The molecule has 1 amide bonds. The molecule has 2 aliphatic rings. The fourth-order valence-corrected chi connectivity index (χ4v) is 5.58. The Hall–Kier alpha value is -2.14. The summed E-state index contributed by atoms with van der Waals surface area (Å²) in [4.78, 5) is 15.2. The molecule has 1 aromatic carbocycles. The van der Waals surface area contributed by atoms with E-state index in [2.05, 4.69) is 54.2 Å². The van der Waals surface area contributed by atoms with Crippen LogP contribution in [-0.2, 0) is 16.0 Å². The fourth-order valence-electron chi connectivity index (χ4n) is 5.58. The highest BCUT2D eigenvalue weighted by Gasteiger charge is 2.46. The van der Waals surface area contributed by atoms with E-state index >= 15 is 0 Å². The van der Waals surface area contributed by atoms with E-state index in [-0.39, 0.29) is 17.4 Å². The van der Waals surface area contributed by atoms with Gasteiger partial charge >= 0.3 is 0 Å². The quantitative estimate of drug-likeness (QED) is 0.656. The van der Waals surface area contributed by atoms with Crippen molar-refractivity contribution < 1.29 is 14.1 Å². The number of amides is 1. The Morgan fingerprint density at radius 2 is 2.03 bits per heavy atom. The van der Waals surface area contributed by atoms with E-state index in [1.54, 1.807) is 0 Å². The zero-order chi connectivity index (χ0) is 22.0. The molecule has 2 aromatic rings. The third kappa shape index (κ3) is 4.72. The molecule has 2 aliphatic heterocycles. The second kappa shape index (κ2) is 9.15. The third-order valence-corrected chi connectivity index (χ3v) is 7.40. The summed E-state index contributed by atoms with van der Waals surface area (Å²) in [6.07, 6.45) is 4.69. The van der Waals surface area contributed by atoms with Crippen LogP contribution in [0.2, 0.25) is 0 Å². The monoisotopic (exact) mass is 424 g/mol. The summed E-state index contributed by atoms with van der Waals surface area (Å²) in [5, 5.41) is 4.02. The van der Waals surface area contributed by atoms with Crippen LogP contribution in [0.3, 0.4) is 0 Å². The summed E-state index contributed by atoms with van der Waals surface area (Å²) in [7, 11) is 0. The molecule has 0 unspecified atom stereocenters. The minimum atomic E-state index is 0.0805. The molecular weight excluding hydrogens is 388 g/mol. The Balaban J connectivity index is 1.43. The van der Waals surface area contributed by atoms with Gasteiger partial charge in [0, 0.05) is 30.5 Å². The van der Waals surface area contributed by atoms with Gasteiger partial charge in [0.15, 0.2) is 0 Å². The van der Waals surface area contributed by atoms with Crippen LogP contribution in [0, 0.1) is 31.1 Å². The van der Waals surface area contributed by atoms with Crippen molar-refractivity contribution in [3.05, 3.63) is 52.9 Å². The van der Waals surface area contributed by atoms with Gasteiger partial charge in [0.05, 0.1) is 18.4 Å². The van der Waals surface area contributed by atoms with E-state index in [9.17, 15) is 4.79 Å². The lowest BCUT2D eigenvalue weighted by molar-refractivity contribution is -0.151. The summed E-state index contributed by atoms with van der Waals surface area (Å²) in [5.74, 6) is 2.07. The molecule has 1 aromatic heterocycles. The first kappa shape index (κ1) is 22.1.